The van der Waals surface area contributed by atoms with Crippen molar-refractivity contribution in [2.45, 2.75) is 63.1 Å². The van der Waals surface area contributed by atoms with Gasteiger partial charge in [0, 0.05) is 31.2 Å². The third kappa shape index (κ3) is 2.70. The van der Waals surface area contributed by atoms with E-state index in [9.17, 15) is 0 Å². The monoisotopic (exact) mass is 263 g/mol. The van der Waals surface area contributed by atoms with Crippen LogP contribution in [0.5, 0.6) is 0 Å². The molecule has 3 heteroatoms. The average Bonchev–Trinajstić information content (AvgIpc) is 3.32. The van der Waals surface area contributed by atoms with Gasteiger partial charge in [0.1, 0.15) is 0 Å². The number of fused-ring (bicyclic) bond motifs is 3. The molecule has 0 aromatic carbocycles. The Bertz CT molecular complexity index is 301. The second kappa shape index (κ2) is 5.34. The van der Waals surface area contributed by atoms with Gasteiger partial charge in [-0.05, 0) is 64.1 Å². The number of hydrogen-bond donors (Lipinski definition) is 1. The molecule has 108 valence electrons. The van der Waals surface area contributed by atoms with Crippen molar-refractivity contribution in [3.63, 3.8) is 0 Å². The molecule has 2 atom stereocenters. The maximum Gasteiger partial charge on any atom is 0.0255 e. The van der Waals surface area contributed by atoms with Gasteiger partial charge in [-0.1, -0.05) is 6.42 Å². The van der Waals surface area contributed by atoms with Crippen LogP contribution in [-0.4, -0.2) is 60.6 Å². The first-order valence-corrected chi connectivity index (χ1v) is 8.61. The van der Waals surface area contributed by atoms with E-state index in [1.807, 2.05) is 0 Å². The van der Waals surface area contributed by atoms with Crippen LogP contribution >= 0.6 is 0 Å². The van der Waals surface area contributed by atoms with E-state index in [-0.39, 0.29) is 0 Å². The zero-order valence-corrected chi connectivity index (χ0v) is 12.2. The molecule has 0 aromatic rings. The summed E-state index contributed by atoms with van der Waals surface area (Å²) in [5.74, 6) is 1.01. The lowest BCUT2D eigenvalue weighted by Gasteiger charge is -2.50. The summed E-state index contributed by atoms with van der Waals surface area (Å²) in [6.45, 7) is 6.71. The Hall–Kier alpha value is -0.120. The quantitative estimate of drug-likeness (QED) is 0.833. The van der Waals surface area contributed by atoms with E-state index in [0.717, 1.165) is 24.0 Å². The highest BCUT2D eigenvalue weighted by Crippen LogP contribution is 2.37. The number of piperidine rings is 4. The third-order valence-electron chi connectivity index (χ3n) is 5.91. The van der Waals surface area contributed by atoms with Gasteiger partial charge in [-0.2, -0.15) is 0 Å². The van der Waals surface area contributed by atoms with Crippen molar-refractivity contribution in [1.82, 2.24) is 15.1 Å². The van der Waals surface area contributed by atoms with E-state index in [1.54, 1.807) is 0 Å². The zero-order valence-electron chi connectivity index (χ0n) is 12.2. The molecule has 4 saturated heterocycles. The van der Waals surface area contributed by atoms with Crippen molar-refractivity contribution < 1.29 is 0 Å². The van der Waals surface area contributed by atoms with Gasteiger partial charge in [-0.3, -0.25) is 4.90 Å². The van der Waals surface area contributed by atoms with Gasteiger partial charge < -0.3 is 10.2 Å². The smallest absolute Gasteiger partial charge is 0.0255 e. The van der Waals surface area contributed by atoms with E-state index < -0.39 is 0 Å². The molecular weight excluding hydrogens is 234 g/mol. The molecule has 4 aliphatic heterocycles. The Morgan fingerprint density at radius 2 is 1.84 bits per heavy atom. The lowest BCUT2D eigenvalue weighted by atomic mass is 9.82. The van der Waals surface area contributed by atoms with Gasteiger partial charge in [0.05, 0.1) is 0 Å². The van der Waals surface area contributed by atoms with Crippen molar-refractivity contribution >= 4 is 0 Å². The predicted octanol–water partition coefficient (Wildman–Crippen LogP) is 1.69. The highest BCUT2D eigenvalue weighted by molar-refractivity contribution is 4.99. The van der Waals surface area contributed by atoms with Crippen LogP contribution in [0.2, 0.25) is 0 Å². The Labute approximate surface area is 117 Å². The van der Waals surface area contributed by atoms with Crippen molar-refractivity contribution in [2.75, 3.05) is 32.7 Å². The molecule has 1 N–H and O–H groups in total. The predicted molar refractivity (Wildman–Crippen MR) is 78.3 cm³/mol. The first-order valence-electron chi connectivity index (χ1n) is 8.61. The Morgan fingerprint density at radius 1 is 1.00 bits per heavy atom. The summed E-state index contributed by atoms with van der Waals surface area (Å²) >= 11 is 0. The first-order chi connectivity index (χ1) is 9.40. The maximum atomic E-state index is 3.76. The highest BCUT2D eigenvalue weighted by Gasteiger charge is 2.43. The summed E-state index contributed by atoms with van der Waals surface area (Å²) in [5, 5.41) is 3.76. The molecule has 0 amide bonds. The summed E-state index contributed by atoms with van der Waals surface area (Å²) in [6.07, 6.45) is 10.1. The van der Waals surface area contributed by atoms with Crippen LogP contribution in [-0.2, 0) is 0 Å². The summed E-state index contributed by atoms with van der Waals surface area (Å²) in [5.41, 5.74) is 0. The van der Waals surface area contributed by atoms with E-state index >= 15 is 0 Å². The van der Waals surface area contributed by atoms with Crippen LogP contribution in [0.1, 0.15) is 44.9 Å². The average molecular weight is 263 g/mol. The largest absolute Gasteiger partial charge is 0.313 e. The molecule has 19 heavy (non-hydrogen) atoms. The van der Waals surface area contributed by atoms with Crippen LogP contribution in [0.3, 0.4) is 0 Å². The number of nitrogens with zero attached hydrogens (tertiary/aromatic N) is 2. The Morgan fingerprint density at radius 3 is 2.42 bits per heavy atom. The molecule has 3 nitrogen and oxygen atoms in total. The number of nitrogens with one attached hydrogen (secondary N) is 1. The fourth-order valence-electron chi connectivity index (χ4n) is 4.61. The molecule has 0 radical (unpaired) electrons. The Balaban J connectivity index is 1.42. The van der Waals surface area contributed by atoms with Crippen molar-refractivity contribution in [1.29, 1.82) is 0 Å². The molecule has 1 aliphatic carbocycles. The minimum atomic E-state index is 0.782. The van der Waals surface area contributed by atoms with Gasteiger partial charge in [0.15, 0.2) is 0 Å². The summed E-state index contributed by atoms with van der Waals surface area (Å²) in [6, 6.07) is 2.61. The fraction of sp³-hybridized carbons (Fsp3) is 1.00. The molecule has 5 rings (SSSR count). The van der Waals surface area contributed by atoms with Crippen molar-refractivity contribution in [2.24, 2.45) is 5.92 Å². The minimum Gasteiger partial charge on any atom is -0.313 e. The second-order valence-electron chi connectivity index (χ2n) is 7.28. The molecule has 2 unspecified atom stereocenters. The summed E-state index contributed by atoms with van der Waals surface area (Å²) in [7, 11) is 0. The highest BCUT2D eigenvalue weighted by atomic mass is 15.3. The van der Waals surface area contributed by atoms with E-state index in [1.165, 1.54) is 77.7 Å². The minimum absolute atomic E-state index is 0.782. The van der Waals surface area contributed by atoms with Crippen molar-refractivity contribution in [3.8, 4) is 0 Å². The van der Waals surface area contributed by atoms with Crippen LogP contribution in [0, 0.1) is 5.92 Å². The molecule has 2 bridgehead atoms. The van der Waals surface area contributed by atoms with Gasteiger partial charge in [-0.25, -0.2) is 0 Å². The van der Waals surface area contributed by atoms with E-state index in [4.69, 9.17) is 0 Å². The van der Waals surface area contributed by atoms with Crippen LogP contribution in [0.15, 0.2) is 0 Å². The topological polar surface area (TPSA) is 18.5 Å². The van der Waals surface area contributed by atoms with Gasteiger partial charge in [-0.15, -0.1) is 0 Å². The maximum absolute atomic E-state index is 3.76. The van der Waals surface area contributed by atoms with Crippen molar-refractivity contribution in [3.05, 3.63) is 0 Å². The lowest BCUT2D eigenvalue weighted by Crippen LogP contribution is -2.60. The molecular formula is C16H29N3. The van der Waals surface area contributed by atoms with Crippen LogP contribution < -0.4 is 5.32 Å². The van der Waals surface area contributed by atoms with Gasteiger partial charge in [0.2, 0.25) is 0 Å². The first kappa shape index (κ1) is 12.6. The molecule has 1 saturated carbocycles. The third-order valence-corrected chi connectivity index (χ3v) is 5.91. The summed E-state index contributed by atoms with van der Waals surface area (Å²) in [4.78, 5) is 5.65. The summed E-state index contributed by atoms with van der Waals surface area (Å²) < 4.78 is 0. The van der Waals surface area contributed by atoms with Gasteiger partial charge >= 0.3 is 0 Å². The van der Waals surface area contributed by atoms with E-state index in [2.05, 4.69) is 15.1 Å². The normalized spacial score (nSPS) is 42.8. The Kier molecular flexibility index (Phi) is 3.55. The lowest BCUT2D eigenvalue weighted by molar-refractivity contribution is -0.00385. The standard InChI is InChI=1S/C16H29N3/c1-2-8-17-14(3-1)11-19(15-4-5-15)16-12-18-9-6-13(16)7-10-18/h13-17H,1-12H2. The van der Waals surface area contributed by atoms with Crippen LogP contribution in [0.4, 0.5) is 0 Å². The molecule has 5 aliphatic rings. The number of rotatable bonds is 4. The SMILES string of the molecule is C1CCC(CN(C2CC2)C2CN3CCC2CC3)NC1. The van der Waals surface area contributed by atoms with Gasteiger partial charge in [0.25, 0.3) is 0 Å². The molecule has 5 fully saturated rings. The molecule has 0 spiro atoms. The fourth-order valence-corrected chi connectivity index (χ4v) is 4.61. The zero-order chi connectivity index (χ0) is 12.7. The van der Waals surface area contributed by atoms with E-state index in [0.29, 0.717) is 0 Å². The van der Waals surface area contributed by atoms with Crippen LogP contribution in [0.25, 0.3) is 0 Å². The molecule has 0 aromatic heterocycles. The molecule has 4 heterocycles. The second-order valence-corrected chi connectivity index (χ2v) is 7.28. The number of hydrogen-bond acceptors (Lipinski definition) is 3.